The zero-order valence-electron chi connectivity index (χ0n) is 15.9. The topological polar surface area (TPSA) is 93.1 Å². The maximum atomic E-state index is 12.7. The van der Waals surface area contributed by atoms with Crippen LogP contribution in [0.25, 0.3) is 0 Å². The number of aryl methyl sites for hydroxylation is 2. The number of nitrogens with zero attached hydrogens (tertiary/aromatic N) is 2. The third kappa shape index (κ3) is 4.22. The van der Waals surface area contributed by atoms with Gasteiger partial charge in [-0.1, -0.05) is 20.8 Å². The van der Waals surface area contributed by atoms with Gasteiger partial charge < -0.3 is 9.88 Å². The van der Waals surface area contributed by atoms with E-state index in [1.165, 1.54) is 6.07 Å². The predicted molar refractivity (Wildman–Crippen MR) is 104 cm³/mol. The summed E-state index contributed by atoms with van der Waals surface area (Å²) in [6, 6.07) is 4.87. The van der Waals surface area contributed by atoms with Crippen molar-refractivity contribution in [1.82, 2.24) is 14.3 Å². The van der Waals surface area contributed by atoms with E-state index in [2.05, 4.69) is 15.0 Å². The number of imidazole rings is 1. The number of fused-ring (bicyclic) bond motifs is 1. The quantitative estimate of drug-likeness (QED) is 0.710. The van der Waals surface area contributed by atoms with Gasteiger partial charge in [0.15, 0.2) is 0 Å². The van der Waals surface area contributed by atoms with Crippen molar-refractivity contribution in [1.29, 1.82) is 0 Å². The van der Waals surface area contributed by atoms with Gasteiger partial charge >= 0.3 is 0 Å². The number of benzene rings is 1. The minimum atomic E-state index is -3.60. The summed E-state index contributed by atoms with van der Waals surface area (Å²) < 4.78 is 30.0. The molecule has 3 rings (SSSR count). The first-order chi connectivity index (χ1) is 12.7. The van der Waals surface area contributed by atoms with Crippen LogP contribution in [0.3, 0.4) is 0 Å². The number of aromatic nitrogens is 2. The van der Waals surface area contributed by atoms with Crippen LogP contribution in [0.4, 0.5) is 5.69 Å². The van der Waals surface area contributed by atoms with E-state index in [-0.39, 0.29) is 10.8 Å². The normalized spacial score (nSPS) is 16.0. The van der Waals surface area contributed by atoms with E-state index < -0.39 is 15.4 Å². The fourth-order valence-electron chi connectivity index (χ4n) is 3.45. The molecule has 1 aromatic heterocycles. The number of anilines is 1. The van der Waals surface area contributed by atoms with E-state index >= 15 is 0 Å². The van der Waals surface area contributed by atoms with Crippen LogP contribution in [0.2, 0.25) is 0 Å². The van der Waals surface area contributed by atoms with Gasteiger partial charge in [-0.3, -0.25) is 4.79 Å². The van der Waals surface area contributed by atoms with Crippen molar-refractivity contribution in [2.45, 2.75) is 56.9 Å². The van der Waals surface area contributed by atoms with Gasteiger partial charge in [0.1, 0.15) is 5.82 Å². The van der Waals surface area contributed by atoms with Crippen LogP contribution in [-0.2, 0) is 33.2 Å². The maximum Gasteiger partial charge on any atom is 0.240 e. The number of carbonyl (C=O) groups excluding carboxylic acids is 1. The molecule has 0 radical (unpaired) electrons. The van der Waals surface area contributed by atoms with Crippen molar-refractivity contribution in [2.75, 3.05) is 11.9 Å². The first-order valence-corrected chi connectivity index (χ1v) is 10.7. The fourth-order valence-corrected chi connectivity index (χ4v) is 4.55. The van der Waals surface area contributed by atoms with Crippen molar-refractivity contribution < 1.29 is 13.2 Å². The van der Waals surface area contributed by atoms with Gasteiger partial charge in [0.2, 0.25) is 15.9 Å². The van der Waals surface area contributed by atoms with Crippen molar-refractivity contribution in [2.24, 2.45) is 0 Å². The Labute approximate surface area is 160 Å². The van der Waals surface area contributed by atoms with Gasteiger partial charge in [-0.15, -0.1) is 0 Å². The number of amides is 1. The summed E-state index contributed by atoms with van der Waals surface area (Å²) in [5.41, 5.74) is 1.12. The Bertz CT molecular complexity index is 948. The lowest BCUT2D eigenvalue weighted by molar-refractivity contribution is -0.117. The van der Waals surface area contributed by atoms with E-state index in [4.69, 9.17) is 0 Å². The van der Waals surface area contributed by atoms with Crippen LogP contribution >= 0.6 is 0 Å². The van der Waals surface area contributed by atoms with Crippen LogP contribution in [-0.4, -0.2) is 30.4 Å². The number of hydrogen-bond donors (Lipinski definition) is 2. The minimum absolute atomic E-state index is 0.0489. The number of sulfonamides is 1. The summed E-state index contributed by atoms with van der Waals surface area (Å²) in [6.45, 7) is 7.01. The van der Waals surface area contributed by atoms with Crippen LogP contribution in [0.5, 0.6) is 0 Å². The summed E-state index contributed by atoms with van der Waals surface area (Å²) in [4.78, 5) is 16.3. The van der Waals surface area contributed by atoms with E-state index in [9.17, 15) is 13.2 Å². The zero-order chi connectivity index (χ0) is 19.7. The van der Waals surface area contributed by atoms with Gasteiger partial charge in [-0.2, -0.15) is 0 Å². The highest BCUT2D eigenvalue weighted by molar-refractivity contribution is 7.89. The van der Waals surface area contributed by atoms with Gasteiger partial charge in [-0.25, -0.2) is 18.1 Å². The van der Waals surface area contributed by atoms with E-state index in [1.54, 1.807) is 18.3 Å². The fraction of sp³-hybridized carbons (Fsp3) is 0.474. The molecule has 0 fully saturated rings. The van der Waals surface area contributed by atoms with Crippen molar-refractivity contribution in [3.05, 3.63) is 42.0 Å². The van der Waals surface area contributed by atoms with E-state index in [1.807, 2.05) is 31.5 Å². The molecule has 2 aromatic rings. The molecule has 0 unspecified atom stereocenters. The highest BCUT2D eigenvalue weighted by Gasteiger charge is 2.33. The lowest BCUT2D eigenvalue weighted by Gasteiger charge is -2.32. The molecule has 1 amide bonds. The number of nitrogens with one attached hydrogen (secondary N) is 2. The monoisotopic (exact) mass is 390 g/mol. The first-order valence-electron chi connectivity index (χ1n) is 9.17. The molecule has 146 valence electrons. The lowest BCUT2D eigenvalue weighted by Crippen LogP contribution is -2.33. The molecule has 7 nitrogen and oxygen atoms in total. The van der Waals surface area contributed by atoms with Gasteiger partial charge in [0, 0.05) is 49.4 Å². The Morgan fingerprint density at radius 1 is 1.33 bits per heavy atom. The molecular weight excluding hydrogens is 364 g/mol. The highest BCUT2D eigenvalue weighted by atomic mass is 32.2. The standard InChI is InChI=1S/C19H26N4O3S/c1-4-17-20-9-11-23(17)10-5-8-21-27(25,26)14-6-7-16-15(12-14)19(2,3)13-18(24)22-16/h6-7,9,11-12,21H,4-5,8,10,13H2,1-3H3,(H,22,24). The molecule has 0 saturated carbocycles. The SMILES string of the molecule is CCc1nccn1CCCNS(=O)(=O)c1ccc2c(c1)C(C)(C)CC(=O)N2. The molecule has 2 N–H and O–H groups in total. The summed E-state index contributed by atoms with van der Waals surface area (Å²) >= 11 is 0. The Kier molecular flexibility index (Phi) is 5.39. The Hall–Kier alpha value is -2.19. The summed E-state index contributed by atoms with van der Waals surface area (Å²) in [6.07, 6.45) is 5.53. The third-order valence-corrected chi connectivity index (χ3v) is 6.35. The second kappa shape index (κ2) is 7.44. The van der Waals surface area contributed by atoms with Crippen molar-refractivity contribution in [3.8, 4) is 0 Å². The van der Waals surface area contributed by atoms with Crippen LogP contribution in [0.1, 0.15) is 45.0 Å². The molecule has 0 bridgehead atoms. The number of carbonyl (C=O) groups is 1. The third-order valence-electron chi connectivity index (χ3n) is 4.89. The molecule has 8 heteroatoms. The highest BCUT2D eigenvalue weighted by Crippen LogP contribution is 2.38. The molecule has 0 saturated heterocycles. The molecule has 27 heavy (non-hydrogen) atoms. The largest absolute Gasteiger partial charge is 0.335 e. The predicted octanol–water partition coefficient (Wildman–Crippen LogP) is 2.43. The molecule has 0 spiro atoms. The second-order valence-corrected chi connectivity index (χ2v) is 9.22. The molecule has 0 aliphatic carbocycles. The lowest BCUT2D eigenvalue weighted by atomic mass is 9.78. The smallest absolute Gasteiger partial charge is 0.240 e. The second-order valence-electron chi connectivity index (χ2n) is 7.46. The average Bonchev–Trinajstić information content (AvgIpc) is 3.05. The molecule has 2 heterocycles. The minimum Gasteiger partial charge on any atom is -0.335 e. The van der Waals surface area contributed by atoms with E-state index in [0.717, 1.165) is 24.4 Å². The Balaban J connectivity index is 1.68. The summed E-state index contributed by atoms with van der Waals surface area (Å²) in [5, 5.41) is 2.81. The van der Waals surface area contributed by atoms with Gasteiger partial charge in [0.25, 0.3) is 0 Å². The van der Waals surface area contributed by atoms with Crippen LogP contribution in [0.15, 0.2) is 35.5 Å². The maximum absolute atomic E-state index is 12.7. The molecule has 0 atom stereocenters. The molecule has 1 aromatic carbocycles. The van der Waals surface area contributed by atoms with E-state index in [0.29, 0.717) is 25.1 Å². The molecule has 1 aliphatic rings. The van der Waals surface area contributed by atoms with Crippen LogP contribution < -0.4 is 10.0 Å². The number of rotatable bonds is 7. The summed E-state index contributed by atoms with van der Waals surface area (Å²) in [5.74, 6) is 0.948. The average molecular weight is 391 g/mol. The molecule has 1 aliphatic heterocycles. The van der Waals surface area contributed by atoms with Crippen LogP contribution in [0, 0.1) is 0 Å². The Morgan fingerprint density at radius 2 is 2.11 bits per heavy atom. The van der Waals surface area contributed by atoms with Crippen molar-refractivity contribution >= 4 is 21.6 Å². The van der Waals surface area contributed by atoms with Crippen molar-refractivity contribution in [3.63, 3.8) is 0 Å². The zero-order valence-corrected chi connectivity index (χ0v) is 16.8. The Morgan fingerprint density at radius 3 is 2.85 bits per heavy atom. The molecular formula is C19H26N4O3S. The van der Waals surface area contributed by atoms with Gasteiger partial charge in [0.05, 0.1) is 4.90 Å². The summed E-state index contributed by atoms with van der Waals surface area (Å²) in [7, 11) is -3.60. The number of hydrogen-bond acceptors (Lipinski definition) is 4. The first kappa shape index (κ1) is 19.6. The van der Waals surface area contributed by atoms with Gasteiger partial charge in [-0.05, 0) is 30.2 Å².